The number of carbonyl (C=O) groups excluding carboxylic acids is 1. The van der Waals surface area contributed by atoms with Crippen LogP contribution in [0.2, 0.25) is 0 Å². The van der Waals surface area contributed by atoms with Gasteiger partial charge < -0.3 is 9.47 Å². The molecule has 3 heteroatoms. The van der Waals surface area contributed by atoms with Gasteiger partial charge in [0.15, 0.2) is 5.78 Å². The highest BCUT2D eigenvalue weighted by Crippen LogP contribution is 2.26. The summed E-state index contributed by atoms with van der Waals surface area (Å²) in [6.07, 6.45) is 2.51. The minimum atomic E-state index is -0.236. The number of Topliss-reactive ketones (excluding diaryl/α,β-unsaturated/α-hetero) is 1. The number of ether oxygens (including phenoxy) is 2. The lowest BCUT2D eigenvalue weighted by molar-refractivity contribution is -0.114. The lowest BCUT2D eigenvalue weighted by atomic mass is 10.1. The normalized spacial score (nSPS) is 21.2. The molecule has 0 fully saturated rings. The second-order valence-corrected chi connectivity index (χ2v) is 3.57. The monoisotopic (exact) mass is 198 g/mol. The van der Waals surface area contributed by atoms with Crippen LogP contribution < -0.4 is 0 Å². The fourth-order valence-electron chi connectivity index (χ4n) is 1.46. The highest BCUT2D eigenvalue weighted by molar-refractivity contribution is 5.94. The molecule has 0 bridgehead atoms. The summed E-state index contributed by atoms with van der Waals surface area (Å²) < 4.78 is 10.9. The second-order valence-electron chi connectivity index (χ2n) is 3.57. The van der Waals surface area contributed by atoms with Gasteiger partial charge in [-0.25, -0.2) is 0 Å². The molecule has 0 radical (unpaired) electrons. The zero-order valence-electron chi connectivity index (χ0n) is 9.13. The zero-order valence-corrected chi connectivity index (χ0v) is 9.13. The van der Waals surface area contributed by atoms with E-state index in [1.165, 1.54) is 0 Å². The van der Waals surface area contributed by atoms with E-state index in [2.05, 4.69) is 6.92 Å². The van der Waals surface area contributed by atoms with Crippen LogP contribution in [0.3, 0.4) is 0 Å². The van der Waals surface area contributed by atoms with Crippen molar-refractivity contribution in [1.29, 1.82) is 0 Å². The Hall–Kier alpha value is -0.830. The van der Waals surface area contributed by atoms with E-state index in [0.717, 1.165) is 24.2 Å². The Kier molecular flexibility index (Phi) is 4.14. The van der Waals surface area contributed by atoms with Crippen molar-refractivity contribution in [3.63, 3.8) is 0 Å². The molecule has 0 aliphatic carbocycles. The maximum atomic E-state index is 11.1. The predicted molar refractivity (Wildman–Crippen MR) is 53.7 cm³/mol. The van der Waals surface area contributed by atoms with Crippen molar-refractivity contribution in [3.05, 3.63) is 11.3 Å². The Morgan fingerprint density at radius 1 is 1.64 bits per heavy atom. The summed E-state index contributed by atoms with van der Waals surface area (Å²) in [5.41, 5.74) is 0.770. The van der Waals surface area contributed by atoms with E-state index in [0.29, 0.717) is 13.0 Å². The zero-order chi connectivity index (χ0) is 10.6. The van der Waals surface area contributed by atoms with Gasteiger partial charge >= 0.3 is 0 Å². The Morgan fingerprint density at radius 2 is 2.36 bits per heavy atom. The molecule has 80 valence electrons. The molecule has 0 saturated heterocycles. The third kappa shape index (κ3) is 2.84. The largest absolute Gasteiger partial charge is 0.469 e. The smallest absolute Gasteiger partial charge is 0.203 e. The van der Waals surface area contributed by atoms with E-state index in [9.17, 15) is 4.79 Å². The third-order valence-electron chi connectivity index (χ3n) is 2.33. The molecule has 1 heterocycles. The SMILES string of the molecule is CCCCOC1CC(C(C)=O)=C(C)O1. The van der Waals surface area contributed by atoms with Crippen LogP contribution in [0.1, 0.15) is 40.0 Å². The summed E-state index contributed by atoms with van der Waals surface area (Å²) in [5, 5.41) is 0. The van der Waals surface area contributed by atoms with E-state index in [4.69, 9.17) is 9.47 Å². The van der Waals surface area contributed by atoms with E-state index in [-0.39, 0.29) is 12.1 Å². The van der Waals surface area contributed by atoms with Crippen LogP contribution in [0.25, 0.3) is 0 Å². The van der Waals surface area contributed by atoms with Crippen LogP contribution in [0.5, 0.6) is 0 Å². The van der Waals surface area contributed by atoms with Gasteiger partial charge in [-0.1, -0.05) is 13.3 Å². The summed E-state index contributed by atoms with van der Waals surface area (Å²) in [4.78, 5) is 11.1. The third-order valence-corrected chi connectivity index (χ3v) is 2.33. The molecule has 0 N–H and O–H groups in total. The Balaban J connectivity index is 2.34. The minimum absolute atomic E-state index is 0.0871. The number of ketones is 1. The van der Waals surface area contributed by atoms with Crippen LogP contribution in [0, 0.1) is 0 Å². The number of hydrogen-bond donors (Lipinski definition) is 0. The van der Waals surface area contributed by atoms with Gasteiger partial charge in [-0.2, -0.15) is 0 Å². The van der Waals surface area contributed by atoms with Gasteiger partial charge in [0.05, 0.1) is 6.61 Å². The summed E-state index contributed by atoms with van der Waals surface area (Å²) >= 11 is 0. The van der Waals surface area contributed by atoms with Crippen molar-refractivity contribution in [2.75, 3.05) is 6.61 Å². The van der Waals surface area contributed by atoms with Crippen molar-refractivity contribution in [2.24, 2.45) is 0 Å². The maximum absolute atomic E-state index is 11.1. The molecule has 1 rings (SSSR count). The Morgan fingerprint density at radius 3 is 2.86 bits per heavy atom. The van der Waals surface area contributed by atoms with E-state index in [1.54, 1.807) is 6.92 Å². The average Bonchev–Trinajstić information content (AvgIpc) is 2.47. The first-order valence-electron chi connectivity index (χ1n) is 5.14. The quantitative estimate of drug-likeness (QED) is 0.636. The number of allylic oxidation sites excluding steroid dienone is 1. The number of hydrogen-bond acceptors (Lipinski definition) is 3. The summed E-state index contributed by atoms with van der Waals surface area (Å²) in [6.45, 7) is 6.21. The van der Waals surface area contributed by atoms with Crippen molar-refractivity contribution in [1.82, 2.24) is 0 Å². The first kappa shape index (κ1) is 11.2. The van der Waals surface area contributed by atoms with E-state index in [1.807, 2.05) is 6.92 Å². The molecule has 14 heavy (non-hydrogen) atoms. The maximum Gasteiger partial charge on any atom is 0.203 e. The van der Waals surface area contributed by atoms with Crippen molar-refractivity contribution >= 4 is 5.78 Å². The molecule has 1 aliphatic rings. The molecule has 0 spiro atoms. The van der Waals surface area contributed by atoms with Crippen LogP contribution in [-0.2, 0) is 14.3 Å². The van der Waals surface area contributed by atoms with E-state index >= 15 is 0 Å². The number of rotatable bonds is 5. The summed E-state index contributed by atoms with van der Waals surface area (Å²) in [5.74, 6) is 0.808. The summed E-state index contributed by atoms with van der Waals surface area (Å²) in [6, 6.07) is 0. The standard InChI is InChI=1S/C11H18O3/c1-4-5-6-13-11-7-10(8(2)12)9(3)14-11/h11H,4-7H2,1-3H3. The van der Waals surface area contributed by atoms with Gasteiger partial charge in [-0.05, 0) is 20.3 Å². The highest BCUT2D eigenvalue weighted by Gasteiger charge is 2.25. The van der Waals surface area contributed by atoms with Gasteiger partial charge in [0.25, 0.3) is 0 Å². The molecule has 3 nitrogen and oxygen atoms in total. The lowest BCUT2D eigenvalue weighted by Gasteiger charge is -2.11. The molecule has 0 aromatic carbocycles. The van der Waals surface area contributed by atoms with Gasteiger partial charge in [0, 0.05) is 12.0 Å². The Bertz CT molecular complexity index is 243. The lowest BCUT2D eigenvalue weighted by Crippen LogP contribution is -2.12. The van der Waals surface area contributed by atoms with Gasteiger partial charge in [-0.3, -0.25) is 4.79 Å². The molecule has 0 aromatic heterocycles. The number of unbranched alkanes of at least 4 members (excludes halogenated alkanes) is 1. The van der Waals surface area contributed by atoms with Gasteiger partial charge in [0.2, 0.25) is 6.29 Å². The van der Waals surface area contributed by atoms with Crippen molar-refractivity contribution < 1.29 is 14.3 Å². The van der Waals surface area contributed by atoms with Crippen LogP contribution in [0.15, 0.2) is 11.3 Å². The topological polar surface area (TPSA) is 35.5 Å². The van der Waals surface area contributed by atoms with Crippen LogP contribution >= 0.6 is 0 Å². The number of carbonyl (C=O) groups is 1. The average molecular weight is 198 g/mol. The van der Waals surface area contributed by atoms with Gasteiger partial charge in [0.1, 0.15) is 5.76 Å². The first-order chi connectivity index (χ1) is 6.65. The molecule has 0 amide bonds. The van der Waals surface area contributed by atoms with Crippen molar-refractivity contribution in [2.45, 2.75) is 46.3 Å². The predicted octanol–water partition coefficient (Wildman–Crippen LogP) is 2.41. The molecule has 0 saturated carbocycles. The molecule has 1 aliphatic heterocycles. The minimum Gasteiger partial charge on any atom is -0.469 e. The van der Waals surface area contributed by atoms with Gasteiger partial charge in [-0.15, -0.1) is 0 Å². The summed E-state index contributed by atoms with van der Waals surface area (Å²) in [7, 11) is 0. The fraction of sp³-hybridized carbons (Fsp3) is 0.727. The Labute approximate surface area is 85.1 Å². The fourth-order valence-corrected chi connectivity index (χ4v) is 1.46. The second kappa shape index (κ2) is 5.15. The van der Waals surface area contributed by atoms with Crippen LogP contribution in [0.4, 0.5) is 0 Å². The van der Waals surface area contributed by atoms with Crippen LogP contribution in [-0.4, -0.2) is 18.7 Å². The molecule has 1 atom stereocenters. The first-order valence-corrected chi connectivity index (χ1v) is 5.14. The molecule has 1 unspecified atom stereocenters. The van der Waals surface area contributed by atoms with E-state index < -0.39 is 0 Å². The van der Waals surface area contributed by atoms with Crippen molar-refractivity contribution in [3.8, 4) is 0 Å². The highest BCUT2D eigenvalue weighted by atomic mass is 16.7. The molecule has 0 aromatic rings. The molecular formula is C11H18O3. The molecular weight excluding hydrogens is 180 g/mol.